The van der Waals surface area contributed by atoms with Gasteiger partial charge in [-0.25, -0.2) is 4.79 Å². The molecule has 182 valence electrons. The molecule has 0 radical (unpaired) electrons. The fraction of sp³-hybridized carbons (Fsp3) is 0.417. The number of benzene rings is 2. The molecule has 2 aromatic carbocycles. The van der Waals surface area contributed by atoms with E-state index in [0.717, 1.165) is 6.42 Å². The first-order valence-electron chi connectivity index (χ1n) is 10.8. The van der Waals surface area contributed by atoms with Crippen LogP contribution in [0.25, 0.3) is 0 Å². The minimum atomic E-state index is -3.03. The van der Waals surface area contributed by atoms with Gasteiger partial charge >= 0.3 is 12.7 Å². The van der Waals surface area contributed by atoms with Crippen molar-refractivity contribution in [3.05, 3.63) is 48.0 Å². The zero-order chi connectivity index (χ0) is 24.5. The summed E-state index contributed by atoms with van der Waals surface area (Å²) in [5, 5.41) is 13.8. The van der Waals surface area contributed by atoms with Crippen LogP contribution in [0.5, 0.6) is 17.2 Å². The predicted octanol–water partition coefficient (Wildman–Crippen LogP) is 5.65. The van der Waals surface area contributed by atoms with Crippen LogP contribution in [-0.2, 0) is 9.57 Å². The van der Waals surface area contributed by atoms with Crippen molar-refractivity contribution in [1.82, 2.24) is 0 Å². The Hall–Kier alpha value is -3.40. The van der Waals surface area contributed by atoms with E-state index in [4.69, 9.17) is 14.3 Å². The summed E-state index contributed by atoms with van der Waals surface area (Å²) < 4.78 is 41.9. The Morgan fingerprint density at radius 3 is 2.50 bits per heavy atom. The van der Waals surface area contributed by atoms with E-state index in [2.05, 4.69) is 9.89 Å². The first kappa shape index (κ1) is 23.7. The van der Waals surface area contributed by atoms with Crippen molar-refractivity contribution in [1.29, 1.82) is 0 Å². The maximum Gasteiger partial charge on any atom is 0.412 e. The minimum Gasteiger partial charge on any atom is -0.465 e. The number of amides is 1. The van der Waals surface area contributed by atoms with E-state index < -0.39 is 23.8 Å². The predicted molar refractivity (Wildman–Crippen MR) is 120 cm³/mol. The molecule has 34 heavy (non-hydrogen) atoms. The summed E-state index contributed by atoms with van der Waals surface area (Å²) in [6.07, 6.45) is 0.171. The highest BCUT2D eigenvalue weighted by Crippen LogP contribution is 2.38. The van der Waals surface area contributed by atoms with E-state index in [1.165, 1.54) is 11.0 Å². The second-order valence-corrected chi connectivity index (χ2v) is 9.22. The lowest BCUT2D eigenvalue weighted by molar-refractivity contribution is -0.0510. The second kappa shape index (κ2) is 9.09. The van der Waals surface area contributed by atoms with Gasteiger partial charge in [-0.3, -0.25) is 4.90 Å². The summed E-state index contributed by atoms with van der Waals surface area (Å²) in [6, 6.07) is 10.9. The van der Waals surface area contributed by atoms with Crippen LogP contribution in [0.3, 0.4) is 0 Å². The third-order valence-electron chi connectivity index (χ3n) is 5.58. The van der Waals surface area contributed by atoms with Crippen LogP contribution in [0.4, 0.5) is 19.3 Å². The monoisotopic (exact) mass is 476 g/mol. The fourth-order valence-electron chi connectivity index (χ4n) is 4.01. The molecule has 1 atom stereocenters. The van der Waals surface area contributed by atoms with Gasteiger partial charge < -0.3 is 24.2 Å². The molecule has 2 heterocycles. The van der Waals surface area contributed by atoms with Gasteiger partial charge in [0.25, 0.3) is 0 Å². The second-order valence-electron chi connectivity index (χ2n) is 9.22. The SMILES string of the molecule is CC(C)(C)N(C(=O)O)c1ccc(Oc2cc(C3=NOC4(CCOC4)C3)ccc2OC(F)F)cc1. The maximum absolute atomic E-state index is 13.0. The molecule has 1 N–H and O–H groups in total. The average molecular weight is 476 g/mol. The van der Waals surface area contributed by atoms with E-state index in [-0.39, 0.29) is 11.5 Å². The van der Waals surface area contributed by atoms with Gasteiger partial charge in [0, 0.05) is 29.6 Å². The quantitative estimate of drug-likeness (QED) is 0.580. The van der Waals surface area contributed by atoms with Gasteiger partial charge in [0.1, 0.15) is 5.75 Å². The number of ether oxygens (including phenoxy) is 3. The molecule has 0 bridgehead atoms. The molecule has 1 spiro atoms. The molecule has 2 aliphatic rings. The summed E-state index contributed by atoms with van der Waals surface area (Å²) >= 11 is 0. The van der Waals surface area contributed by atoms with Crippen LogP contribution in [0.1, 0.15) is 39.2 Å². The van der Waals surface area contributed by atoms with Crippen molar-refractivity contribution in [2.75, 3.05) is 18.1 Å². The van der Waals surface area contributed by atoms with Crippen LogP contribution in [0.15, 0.2) is 47.6 Å². The number of hydrogen-bond donors (Lipinski definition) is 1. The lowest BCUT2D eigenvalue weighted by atomic mass is 9.93. The largest absolute Gasteiger partial charge is 0.465 e. The van der Waals surface area contributed by atoms with Crippen LogP contribution in [-0.4, -0.2) is 47.9 Å². The summed E-state index contributed by atoms with van der Waals surface area (Å²) in [4.78, 5) is 18.6. The van der Waals surface area contributed by atoms with Gasteiger partial charge in [-0.15, -0.1) is 0 Å². The highest BCUT2D eigenvalue weighted by Gasteiger charge is 2.43. The van der Waals surface area contributed by atoms with Gasteiger partial charge in [0.2, 0.25) is 0 Å². The molecule has 2 aliphatic heterocycles. The van der Waals surface area contributed by atoms with Gasteiger partial charge in [-0.05, 0) is 63.2 Å². The molecule has 2 aromatic rings. The lowest BCUT2D eigenvalue weighted by Gasteiger charge is -2.33. The molecule has 0 saturated carbocycles. The van der Waals surface area contributed by atoms with Crippen molar-refractivity contribution in [3.8, 4) is 17.2 Å². The zero-order valence-corrected chi connectivity index (χ0v) is 19.1. The highest BCUT2D eigenvalue weighted by molar-refractivity contribution is 6.02. The van der Waals surface area contributed by atoms with Crippen LogP contribution < -0.4 is 14.4 Å². The summed E-state index contributed by atoms with van der Waals surface area (Å²) in [6.45, 7) is 3.36. The smallest absolute Gasteiger partial charge is 0.412 e. The number of nitrogens with zero attached hydrogens (tertiary/aromatic N) is 2. The number of alkyl halides is 2. The van der Waals surface area contributed by atoms with Gasteiger partial charge in [-0.2, -0.15) is 8.78 Å². The number of hydrogen-bond acceptors (Lipinski definition) is 6. The normalized spacial score (nSPS) is 19.8. The molecule has 1 fully saturated rings. The van der Waals surface area contributed by atoms with Gasteiger partial charge in [0.15, 0.2) is 17.1 Å². The summed E-state index contributed by atoms with van der Waals surface area (Å²) in [5.41, 5.74) is 0.630. The van der Waals surface area contributed by atoms with Crippen LogP contribution in [0.2, 0.25) is 0 Å². The molecular formula is C24H26F2N2O6. The molecule has 4 rings (SSSR count). The Balaban J connectivity index is 1.58. The molecule has 0 aromatic heterocycles. The number of carboxylic acid groups (broad SMARTS) is 1. The average Bonchev–Trinajstić information content (AvgIpc) is 3.39. The van der Waals surface area contributed by atoms with Crippen molar-refractivity contribution in [2.45, 2.75) is 51.4 Å². The molecule has 8 nitrogen and oxygen atoms in total. The Morgan fingerprint density at radius 2 is 1.91 bits per heavy atom. The Labute approximate surface area is 195 Å². The third kappa shape index (κ3) is 5.06. The van der Waals surface area contributed by atoms with Crippen molar-refractivity contribution in [3.63, 3.8) is 0 Å². The number of anilines is 1. The topological polar surface area (TPSA) is 89.8 Å². The van der Waals surface area contributed by atoms with Crippen LogP contribution >= 0.6 is 0 Å². The Bertz CT molecular complexity index is 1080. The number of carbonyl (C=O) groups is 1. The van der Waals surface area contributed by atoms with E-state index in [9.17, 15) is 18.7 Å². The third-order valence-corrected chi connectivity index (χ3v) is 5.58. The fourth-order valence-corrected chi connectivity index (χ4v) is 4.01. The van der Waals surface area contributed by atoms with Gasteiger partial charge in [0.05, 0.1) is 18.9 Å². The van der Waals surface area contributed by atoms with Crippen LogP contribution in [0, 0.1) is 0 Å². The molecular weight excluding hydrogens is 450 g/mol. The number of oxime groups is 1. The molecule has 1 unspecified atom stereocenters. The lowest BCUT2D eigenvalue weighted by Crippen LogP contribution is -2.45. The van der Waals surface area contributed by atoms with Crippen molar-refractivity contribution < 1.29 is 37.7 Å². The Morgan fingerprint density at radius 1 is 1.18 bits per heavy atom. The number of rotatable bonds is 6. The van der Waals surface area contributed by atoms with E-state index >= 15 is 0 Å². The first-order valence-corrected chi connectivity index (χ1v) is 10.8. The summed E-state index contributed by atoms with van der Waals surface area (Å²) in [7, 11) is 0. The molecule has 0 aliphatic carbocycles. The van der Waals surface area contributed by atoms with Gasteiger partial charge in [-0.1, -0.05) is 5.16 Å². The van der Waals surface area contributed by atoms with E-state index in [1.807, 2.05) is 0 Å². The maximum atomic E-state index is 13.0. The minimum absolute atomic E-state index is 0.0720. The molecule has 1 amide bonds. The zero-order valence-electron chi connectivity index (χ0n) is 19.1. The van der Waals surface area contributed by atoms with Crippen molar-refractivity contribution >= 4 is 17.5 Å². The van der Waals surface area contributed by atoms with Crippen molar-refractivity contribution in [2.24, 2.45) is 5.16 Å². The summed E-state index contributed by atoms with van der Waals surface area (Å²) in [5.74, 6) is 0.260. The van der Waals surface area contributed by atoms with E-state index in [1.54, 1.807) is 57.2 Å². The Kier molecular flexibility index (Phi) is 6.35. The number of halogens is 2. The van der Waals surface area contributed by atoms with E-state index in [0.29, 0.717) is 42.3 Å². The standard InChI is InChI=1S/C24H26F2N2O6/c1-23(2,3)28(22(29)30)16-5-7-17(8-6-16)32-20-12-15(4-9-19(20)33-21(25)26)18-13-24(34-27-18)10-11-31-14-24/h4-9,12,21H,10-11,13-14H2,1-3H3,(H,29,30). The molecule has 1 saturated heterocycles. The first-order chi connectivity index (χ1) is 16.1. The highest BCUT2D eigenvalue weighted by atomic mass is 19.3. The molecule has 10 heteroatoms.